The van der Waals surface area contributed by atoms with Crippen LogP contribution in [0.1, 0.15) is 33.1 Å². The minimum absolute atomic E-state index is 0.0350. The number of carbonyl (C=O) groups excluding carboxylic acids is 1. The van der Waals surface area contributed by atoms with E-state index < -0.39 is 0 Å². The molecule has 13 heavy (non-hydrogen) atoms. The van der Waals surface area contributed by atoms with Crippen molar-refractivity contribution >= 4 is 18.8 Å². The summed E-state index contributed by atoms with van der Waals surface area (Å²) in [6.07, 6.45) is 3.43. The molecule has 0 bridgehead atoms. The van der Waals surface area contributed by atoms with Crippen LogP contribution in [-0.4, -0.2) is 19.1 Å². The molecular weight excluding hydrogens is 186 g/mol. The van der Waals surface area contributed by atoms with Crippen LogP contribution in [0.25, 0.3) is 0 Å². The minimum Gasteiger partial charge on any atom is -0.354 e. The van der Waals surface area contributed by atoms with Gasteiger partial charge in [0.25, 0.3) is 0 Å². The Morgan fingerprint density at radius 1 is 1.46 bits per heavy atom. The highest BCUT2D eigenvalue weighted by Crippen LogP contribution is 2.04. The summed E-state index contributed by atoms with van der Waals surface area (Å²) < 4.78 is 4.38. The van der Waals surface area contributed by atoms with Gasteiger partial charge in [0.15, 0.2) is 0 Å². The molecule has 0 heterocycles. The molecule has 0 aliphatic carbocycles. The monoisotopic (exact) mass is 205 g/mol. The van der Waals surface area contributed by atoms with Crippen LogP contribution in [0.2, 0.25) is 0 Å². The lowest BCUT2D eigenvalue weighted by Crippen LogP contribution is -2.27. The molecule has 0 aromatic carbocycles. The van der Waals surface area contributed by atoms with Crippen molar-refractivity contribution in [1.82, 2.24) is 5.32 Å². The number of nitrogens with one attached hydrogen (secondary N) is 1. The third-order valence-electron chi connectivity index (χ3n) is 1.73. The van der Waals surface area contributed by atoms with Crippen molar-refractivity contribution in [3.05, 3.63) is 0 Å². The first kappa shape index (κ1) is 12.8. The Morgan fingerprint density at radius 2 is 2.15 bits per heavy atom. The van der Waals surface area contributed by atoms with Crippen LogP contribution >= 0.6 is 12.9 Å². The lowest BCUT2D eigenvalue weighted by Gasteiger charge is -2.05. The molecule has 78 valence electrons. The highest BCUT2D eigenvalue weighted by molar-refractivity contribution is 7.75. The minimum atomic E-state index is -0.0976. The maximum atomic E-state index is 10.9. The molecule has 0 saturated carbocycles. The van der Waals surface area contributed by atoms with Crippen molar-refractivity contribution in [2.24, 2.45) is 5.92 Å². The maximum absolute atomic E-state index is 10.9. The predicted molar refractivity (Wildman–Crippen MR) is 56.6 cm³/mol. The van der Waals surface area contributed by atoms with E-state index in [2.05, 4.69) is 36.3 Å². The van der Waals surface area contributed by atoms with Gasteiger partial charge in [0.1, 0.15) is 6.61 Å². The molecule has 0 spiro atoms. The molecule has 0 aromatic rings. The van der Waals surface area contributed by atoms with Gasteiger partial charge in [-0.3, -0.25) is 4.79 Å². The number of hydrogen-bond donors (Lipinski definition) is 2. The second-order valence-corrected chi connectivity index (χ2v) is 3.77. The van der Waals surface area contributed by atoms with Crippen LogP contribution in [0.4, 0.5) is 0 Å². The molecule has 0 aliphatic heterocycles. The summed E-state index contributed by atoms with van der Waals surface area (Å²) in [6, 6.07) is 0. The quantitative estimate of drug-likeness (QED) is 0.378. The van der Waals surface area contributed by atoms with E-state index in [9.17, 15) is 4.79 Å². The van der Waals surface area contributed by atoms with Gasteiger partial charge >= 0.3 is 0 Å². The zero-order valence-corrected chi connectivity index (χ0v) is 9.27. The Kier molecular flexibility index (Phi) is 8.24. The molecule has 0 aliphatic rings. The summed E-state index contributed by atoms with van der Waals surface area (Å²) in [4.78, 5) is 10.9. The molecule has 0 unspecified atom stereocenters. The summed E-state index contributed by atoms with van der Waals surface area (Å²) in [7, 11) is 0. The molecule has 1 N–H and O–H groups in total. The fourth-order valence-corrected chi connectivity index (χ4v) is 1.13. The Balaban J connectivity index is 3.11. The second kappa shape index (κ2) is 8.38. The van der Waals surface area contributed by atoms with Gasteiger partial charge in [0.2, 0.25) is 5.91 Å². The third-order valence-corrected chi connectivity index (χ3v) is 1.86. The molecule has 4 heteroatoms. The molecule has 1 amide bonds. The van der Waals surface area contributed by atoms with Gasteiger partial charge in [-0.25, -0.2) is 0 Å². The zero-order chi connectivity index (χ0) is 10.1. The largest absolute Gasteiger partial charge is 0.354 e. The van der Waals surface area contributed by atoms with Crippen molar-refractivity contribution in [2.75, 3.05) is 13.2 Å². The third kappa shape index (κ3) is 9.70. The van der Waals surface area contributed by atoms with Gasteiger partial charge in [-0.1, -0.05) is 26.7 Å². The van der Waals surface area contributed by atoms with E-state index in [1.54, 1.807) is 0 Å². The number of unbranched alkanes of at least 4 members (excludes halogenated alkanes) is 1. The number of amides is 1. The first-order valence-electron chi connectivity index (χ1n) is 4.70. The first-order chi connectivity index (χ1) is 6.16. The Morgan fingerprint density at radius 3 is 2.69 bits per heavy atom. The number of hydrogen-bond acceptors (Lipinski definition) is 3. The van der Waals surface area contributed by atoms with E-state index >= 15 is 0 Å². The van der Waals surface area contributed by atoms with E-state index in [0.29, 0.717) is 0 Å². The van der Waals surface area contributed by atoms with Gasteiger partial charge in [-0.2, -0.15) is 0 Å². The van der Waals surface area contributed by atoms with Gasteiger partial charge < -0.3 is 9.50 Å². The van der Waals surface area contributed by atoms with Crippen LogP contribution in [0.5, 0.6) is 0 Å². The van der Waals surface area contributed by atoms with E-state index in [1.165, 1.54) is 12.8 Å². The van der Waals surface area contributed by atoms with Crippen molar-refractivity contribution in [3.8, 4) is 0 Å². The molecule has 3 nitrogen and oxygen atoms in total. The summed E-state index contributed by atoms with van der Waals surface area (Å²) >= 11 is 3.49. The number of rotatable bonds is 7. The van der Waals surface area contributed by atoms with E-state index in [4.69, 9.17) is 0 Å². The lowest BCUT2D eigenvalue weighted by atomic mass is 10.1. The average Bonchev–Trinajstić information content (AvgIpc) is 2.03. The van der Waals surface area contributed by atoms with Gasteiger partial charge in [-0.15, -0.1) is 0 Å². The standard InChI is InChI=1S/C9H19NO2S/c1-8(2)5-3-4-6-10-9(11)7-12-13/h8,13H,3-7H2,1-2H3,(H,10,11). The van der Waals surface area contributed by atoms with Crippen LogP contribution in [0.3, 0.4) is 0 Å². The molecule has 0 aromatic heterocycles. The molecule has 0 fully saturated rings. The Hall–Kier alpha value is -0.220. The fraction of sp³-hybridized carbons (Fsp3) is 0.889. The summed E-state index contributed by atoms with van der Waals surface area (Å²) in [5.41, 5.74) is 0. The first-order valence-corrected chi connectivity index (χ1v) is 5.06. The Labute approximate surface area is 85.8 Å². The second-order valence-electron chi connectivity index (χ2n) is 3.51. The summed E-state index contributed by atoms with van der Waals surface area (Å²) in [5, 5.41) is 2.74. The molecule has 0 atom stereocenters. The zero-order valence-electron chi connectivity index (χ0n) is 8.38. The molecule has 0 saturated heterocycles. The summed E-state index contributed by atoms with van der Waals surface area (Å²) in [5.74, 6) is 0.649. The lowest BCUT2D eigenvalue weighted by molar-refractivity contribution is -0.122. The molecular formula is C9H19NO2S. The Bertz CT molecular complexity index is 140. The predicted octanol–water partition coefficient (Wildman–Crippen LogP) is 1.79. The van der Waals surface area contributed by atoms with Gasteiger partial charge in [-0.05, 0) is 25.2 Å². The van der Waals surface area contributed by atoms with Crippen LogP contribution in [0.15, 0.2) is 0 Å². The van der Waals surface area contributed by atoms with Crippen LogP contribution in [-0.2, 0) is 8.98 Å². The van der Waals surface area contributed by atoms with Crippen molar-refractivity contribution in [3.63, 3.8) is 0 Å². The number of carbonyl (C=O) groups is 1. The maximum Gasteiger partial charge on any atom is 0.247 e. The summed E-state index contributed by atoms with van der Waals surface area (Å²) in [6.45, 7) is 5.18. The molecule has 0 rings (SSSR count). The fourth-order valence-electron chi connectivity index (χ4n) is 1.02. The van der Waals surface area contributed by atoms with Crippen LogP contribution in [0, 0.1) is 5.92 Å². The van der Waals surface area contributed by atoms with Crippen LogP contribution < -0.4 is 5.32 Å². The highest BCUT2D eigenvalue weighted by atomic mass is 32.1. The normalized spacial score (nSPS) is 10.5. The highest BCUT2D eigenvalue weighted by Gasteiger charge is 1.99. The van der Waals surface area contributed by atoms with Crippen molar-refractivity contribution in [1.29, 1.82) is 0 Å². The number of thiol groups is 1. The van der Waals surface area contributed by atoms with Crippen molar-refractivity contribution < 1.29 is 8.98 Å². The van der Waals surface area contributed by atoms with Gasteiger partial charge in [0, 0.05) is 6.54 Å². The van der Waals surface area contributed by atoms with E-state index in [-0.39, 0.29) is 12.5 Å². The van der Waals surface area contributed by atoms with E-state index in [0.717, 1.165) is 18.9 Å². The molecule has 0 radical (unpaired) electrons. The SMILES string of the molecule is CC(C)CCCCNC(=O)COS. The topological polar surface area (TPSA) is 38.3 Å². The van der Waals surface area contributed by atoms with Crippen molar-refractivity contribution in [2.45, 2.75) is 33.1 Å². The average molecular weight is 205 g/mol. The van der Waals surface area contributed by atoms with Gasteiger partial charge in [0.05, 0.1) is 0 Å². The van der Waals surface area contributed by atoms with E-state index in [1.807, 2.05) is 0 Å². The smallest absolute Gasteiger partial charge is 0.247 e.